The first-order valence-corrected chi connectivity index (χ1v) is 7.63. The molecular formula is C14H12N4O2S. The maximum absolute atomic E-state index is 12.3. The lowest BCUT2D eigenvalue weighted by Crippen LogP contribution is -2.13. The molecule has 2 heterocycles. The summed E-state index contributed by atoms with van der Waals surface area (Å²) >= 11 is 0. The van der Waals surface area contributed by atoms with Gasteiger partial charge in [-0.3, -0.25) is 4.72 Å². The highest BCUT2D eigenvalue weighted by Crippen LogP contribution is 2.20. The molecule has 0 bridgehead atoms. The Morgan fingerprint density at radius 3 is 2.67 bits per heavy atom. The van der Waals surface area contributed by atoms with E-state index in [9.17, 15) is 8.42 Å². The van der Waals surface area contributed by atoms with Gasteiger partial charge in [-0.1, -0.05) is 6.07 Å². The first kappa shape index (κ1) is 13.3. The summed E-state index contributed by atoms with van der Waals surface area (Å²) in [4.78, 5) is 8.22. The molecule has 0 spiro atoms. The first-order valence-electron chi connectivity index (χ1n) is 6.15. The van der Waals surface area contributed by atoms with Crippen LogP contribution in [-0.2, 0) is 10.0 Å². The molecule has 0 atom stereocenters. The Morgan fingerprint density at radius 2 is 1.90 bits per heavy atom. The van der Waals surface area contributed by atoms with E-state index in [0.717, 1.165) is 0 Å². The Bertz CT molecular complexity index is 895. The van der Waals surface area contributed by atoms with Crippen LogP contribution in [-0.4, -0.2) is 18.4 Å². The number of nitrogen functional groups attached to an aromatic ring is 1. The van der Waals surface area contributed by atoms with E-state index >= 15 is 0 Å². The number of rotatable bonds is 3. The minimum absolute atomic E-state index is 0.146. The van der Waals surface area contributed by atoms with Crippen molar-refractivity contribution in [2.45, 2.75) is 4.90 Å². The standard InChI is InChI=1S/C14H12N4O2S/c15-13-7-4-10-9-11(5-6-12(10)17-13)21(19,20)18-14-3-1-2-8-16-14/h1-9H,(H2,15,17)(H,16,18). The van der Waals surface area contributed by atoms with Gasteiger partial charge in [0.15, 0.2) is 0 Å². The van der Waals surface area contributed by atoms with Crippen molar-refractivity contribution < 1.29 is 8.42 Å². The van der Waals surface area contributed by atoms with Gasteiger partial charge < -0.3 is 5.73 Å². The minimum atomic E-state index is -3.69. The van der Waals surface area contributed by atoms with Gasteiger partial charge in [0.25, 0.3) is 10.0 Å². The molecule has 0 aliphatic heterocycles. The zero-order valence-electron chi connectivity index (χ0n) is 10.9. The van der Waals surface area contributed by atoms with Crippen LogP contribution >= 0.6 is 0 Å². The molecule has 3 rings (SSSR count). The predicted octanol–water partition coefficient (Wildman–Crippen LogP) is 2.01. The Kier molecular flexibility index (Phi) is 3.19. The van der Waals surface area contributed by atoms with Gasteiger partial charge >= 0.3 is 0 Å². The van der Waals surface area contributed by atoms with Gasteiger partial charge in [-0.25, -0.2) is 18.4 Å². The molecule has 6 nitrogen and oxygen atoms in total. The van der Waals surface area contributed by atoms with Gasteiger partial charge in [0, 0.05) is 11.6 Å². The van der Waals surface area contributed by atoms with Crippen LogP contribution in [0.3, 0.4) is 0 Å². The largest absolute Gasteiger partial charge is 0.384 e. The molecule has 7 heteroatoms. The number of fused-ring (bicyclic) bond motifs is 1. The zero-order valence-corrected chi connectivity index (χ0v) is 11.7. The van der Waals surface area contributed by atoms with Crippen LogP contribution in [0.15, 0.2) is 59.6 Å². The molecule has 0 radical (unpaired) electrons. The van der Waals surface area contributed by atoms with Gasteiger partial charge in [-0.05, 0) is 42.5 Å². The number of pyridine rings is 2. The monoisotopic (exact) mass is 300 g/mol. The quantitative estimate of drug-likeness (QED) is 0.771. The van der Waals surface area contributed by atoms with Gasteiger partial charge in [0.05, 0.1) is 10.4 Å². The lowest BCUT2D eigenvalue weighted by Gasteiger charge is -2.08. The molecule has 106 valence electrons. The highest BCUT2D eigenvalue weighted by Gasteiger charge is 2.15. The van der Waals surface area contributed by atoms with E-state index in [1.165, 1.54) is 12.3 Å². The molecule has 0 aliphatic carbocycles. The van der Waals surface area contributed by atoms with E-state index in [2.05, 4.69) is 14.7 Å². The number of anilines is 2. The van der Waals surface area contributed by atoms with Crippen molar-refractivity contribution in [3.63, 3.8) is 0 Å². The van der Waals surface area contributed by atoms with Gasteiger partial charge in [0.2, 0.25) is 0 Å². The number of hydrogen-bond acceptors (Lipinski definition) is 5. The molecule has 2 aromatic heterocycles. The summed E-state index contributed by atoms with van der Waals surface area (Å²) in [5, 5.41) is 0.702. The van der Waals surface area contributed by atoms with Crippen LogP contribution in [0.25, 0.3) is 10.9 Å². The van der Waals surface area contributed by atoms with Crippen molar-refractivity contribution in [2.75, 3.05) is 10.5 Å². The molecule has 0 amide bonds. The average Bonchev–Trinajstić information content (AvgIpc) is 2.47. The van der Waals surface area contributed by atoms with Crippen LogP contribution in [0.4, 0.5) is 11.6 Å². The molecule has 0 aliphatic rings. The van der Waals surface area contributed by atoms with Crippen molar-refractivity contribution in [3.05, 3.63) is 54.7 Å². The van der Waals surface area contributed by atoms with Crippen LogP contribution in [0.1, 0.15) is 0 Å². The third-order valence-corrected chi connectivity index (χ3v) is 4.25. The molecule has 0 saturated heterocycles. The lowest BCUT2D eigenvalue weighted by molar-refractivity contribution is 0.601. The number of nitrogens with one attached hydrogen (secondary N) is 1. The zero-order chi connectivity index (χ0) is 14.9. The highest BCUT2D eigenvalue weighted by molar-refractivity contribution is 7.92. The second-order valence-corrected chi connectivity index (χ2v) is 6.09. The van der Waals surface area contributed by atoms with Crippen molar-refractivity contribution in [2.24, 2.45) is 0 Å². The number of benzene rings is 1. The second-order valence-electron chi connectivity index (χ2n) is 4.41. The Morgan fingerprint density at radius 1 is 1.05 bits per heavy atom. The molecular weight excluding hydrogens is 288 g/mol. The van der Waals surface area contributed by atoms with Gasteiger partial charge in [-0.2, -0.15) is 0 Å². The maximum atomic E-state index is 12.3. The van der Waals surface area contributed by atoms with Crippen LogP contribution in [0.2, 0.25) is 0 Å². The summed E-state index contributed by atoms with van der Waals surface area (Å²) in [6, 6.07) is 13.0. The first-order chi connectivity index (χ1) is 10.0. The number of nitrogens with two attached hydrogens (primary N) is 1. The number of hydrogen-bond donors (Lipinski definition) is 2. The summed E-state index contributed by atoms with van der Waals surface area (Å²) in [7, 11) is -3.69. The minimum Gasteiger partial charge on any atom is -0.384 e. The van der Waals surface area contributed by atoms with Crippen molar-refractivity contribution in [3.8, 4) is 0 Å². The fraction of sp³-hybridized carbons (Fsp3) is 0. The number of aromatic nitrogens is 2. The summed E-state index contributed by atoms with van der Waals surface area (Å²) in [6.45, 7) is 0. The molecule has 21 heavy (non-hydrogen) atoms. The second kappa shape index (κ2) is 5.02. The van der Waals surface area contributed by atoms with E-state index in [-0.39, 0.29) is 10.7 Å². The molecule has 3 N–H and O–H groups in total. The van der Waals surface area contributed by atoms with Crippen LogP contribution < -0.4 is 10.5 Å². The molecule has 1 aromatic carbocycles. The maximum Gasteiger partial charge on any atom is 0.263 e. The fourth-order valence-electron chi connectivity index (χ4n) is 1.91. The smallest absolute Gasteiger partial charge is 0.263 e. The van der Waals surface area contributed by atoms with E-state index in [0.29, 0.717) is 16.7 Å². The van der Waals surface area contributed by atoms with Crippen LogP contribution in [0.5, 0.6) is 0 Å². The van der Waals surface area contributed by atoms with E-state index in [1.54, 1.807) is 42.5 Å². The Balaban J connectivity index is 2.01. The number of nitrogens with zero attached hydrogens (tertiary/aromatic N) is 2. The normalized spacial score (nSPS) is 11.4. The summed E-state index contributed by atoms with van der Waals surface area (Å²) in [5.41, 5.74) is 6.25. The Hall–Kier alpha value is -2.67. The average molecular weight is 300 g/mol. The van der Waals surface area contributed by atoms with E-state index < -0.39 is 10.0 Å². The molecule has 0 unspecified atom stereocenters. The summed E-state index contributed by atoms with van der Waals surface area (Å²) < 4.78 is 27.1. The third kappa shape index (κ3) is 2.77. The van der Waals surface area contributed by atoms with Crippen molar-refractivity contribution >= 4 is 32.6 Å². The molecule has 0 saturated carbocycles. The summed E-state index contributed by atoms with van der Waals surface area (Å²) in [6.07, 6.45) is 1.52. The predicted molar refractivity (Wildman–Crippen MR) is 81.2 cm³/mol. The van der Waals surface area contributed by atoms with Crippen LogP contribution in [0, 0.1) is 0 Å². The highest BCUT2D eigenvalue weighted by atomic mass is 32.2. The SMILES string of the molecule is Nc1ccc2cc(S(=O)(=O)Nc3ccccn3)ccc2n1. The van der Waals surface area contributed by atoms with Gasteiger partial charge in [0.1, 0.15) is 11.6 Å². The lowest BCUT2D eigenvalue weighted by atomic mass is 10.2. The Labute approximate surface area is 121 Å². The van der Waals surface area contributed by atoms with Gasteiger partial charge in [-0.15, -0.1) is 0 Å². The molecule has 3 aromatic rings. The van der Waals surface area contributed by atoms with E-state index in [4.69, 9.17) is 5.73 Å². The topological polar surface area (TPSA) is 98.0 Å². The summed E-state index contributed by atoms with van der Waals surface area (Å²) in [5.74, 6) is 0.665. The van der Waals surface area contributed by atoms with Crippen molar-refractivity contribution in [1.29, 1.82) is 0 Å². The fourth-order valence-corrected chi connectivity index (χ4v) is 2.95. The number of sulfonamides is 1. The molecule has 0 fully saturated rings. The van der Waals surface area contributed by atoms with Crippen molar-refractivity contribution in [1.82, 2.24) is 9.97 Å². The van der Waals surface area contributed by atoms with E-state index in [1.807, 2.05) is 0 Å². The third-order valence-electron chi connectivity index (χ3n) is 2.90.